The minimum absolute atomic E-state index is 0.372. The summed E-state index contributed by atoms with van der Waals surface area (Å²) in [7, 11) is 1.56. The van der Waals surface area contributed by atoms with Gasteiger partial charge in [0.05, 0.1) is 24.6 Å². The SMILES string of the molecule is CCCOC(=O)C=Cc1ccc(Oc2ncnc3ccccc23)c(OC)c1. The number of ether oxygens (including phenoxy) is 3. The van der Waals surface area contributed by atoms with Gasteiger partial charge in [0.25, 0.3) is 0 Å². The summed E-state index contributed by atoms with van der Waals surface area (Å²) in [4.78, 5) is 20.0. The van der Waals surface area contributed by atoms with E-state index in [0.29, 0.717) is 24.0 Å². The van der Waals surface area contributed by atoms with Crippen molar-refractivity contribution >= 4 is 22.9 Å². The van der Waals surface area contributed by atoms with Crippen LogP contribution < -0.4 is 9.47 Å². The zero-order valence-corrected chi connectivity index (χ0v) is 15.2. The van der Waals surface area contributed by atoms with E-state index in [1.165, 1.54) is 12.4 Å². The standard InChI is InChI=1S/C21H20N2O4/c1-3-12-26-20(24)11-9-15-8-10-18(19(13-15)25-2)27-21-16-6-4-5-7-17(16)22-14-23-21/h4-11,13-14H,3,12H2,1-2H3. The molecule has 1 heterocycles. The van der Waals surface area contributed by atoms with Crippen molar-refractivity contribution in [1.82, 2.24) is 9.97 Å². The lowest BCUT2D eigenvalue weighted by molar-refractivity contribution is -0.137. The average Bonchev–Trinajstić information content (AvgIpc) is 2.71. The fraction of sp³-hybridized carbons (Fsp3) is 0.190. The van der Waals surface area contributed by atoms with E-state index in [0.717, 1.165) is 22.9 Å². The third-order valence-electron chi connectivity index (χ3n) is 3.76. The van der Waals surface area contributed by atoms with Gasteiger partial charge in [-0.15, -0.1) is 0 Å². The second kappa shape index (κ2) is 8.80. The van der Waals surface area contributed by atoms with Crippen molar-refractivity contribution in [3.8, 4) is 17.4 Å². The molecule has 0 amide bonds. The number of aromatic nitrogens is 2. The zero-order chi connectivity index (χ0) is 19.1. The predicted octanol–water partition coefficient (Wildman–Crippen LogP) is 4.40. The van der Waals surface area contributed by atoms with Gasteiger partial charge < -0.3 is 14.2 Å². The Morgan fingerprint density at radius 2 is 1.96 bits per heavy atom. The number of hydrogen-bond donors (Lipinski definition) is 0. The molecular weight excluding hydrogens is 344 g/mol. The van der Waals surface area contributed by atoms with Crippen molar-refractivity contribution in [2.75, 3.05) is 13.7 Å². The van der Waals surface area contributed by atoms with E-state index in [1.54, 1.807) is 25.3 Å². The van der Waals surface area contributed by atoms with E-state index in [9.17, 15) is 4.79 Å². The molecule has 6 heteroatoms. The Kier molecular flexibility index (Phi) is 5.99. The molecule has 1 aromatic heterocycles. The molecule has 0 atom stereocenters. The highest BCUT2D eigenvalue weighted by molar-refractivity contribution is 5.87. The minimum Gasteiger partial charge on any atom is -0.493 e. The largest absolute Gasteiger partial charge is 0.493 e. The summed E-state index contributed by atoms with van der Waals surface area (Å²) < 4.78 is 16.4. The summed E-state index contributed by atoms with van der Waals surface area (Å²) in [6, 6.07) is 13.0. The lowest BCUT2D eigenvalue weighted by Crippen LogP contribution is -2.00. The molecule has 0 N–H and O–H groups in total. The Balaban J connectivity index is 1.82. The van der Waals surface area contributed by atoms with Crippen LogP contribution in [0.4, 0.5) is 0 Å². The number of rotatable bonds is 7. The highest BCUT2D eigenvalue weighted by atomic mass is 16.5. The van der Waals surface area contributed by atoms with Gasteiger partial charge in [0.2, 0.25) is 5.88 Å². The molecule has 3 rings (SSSR count). The van der Waals surface area contributed by atoms with Crippen molar-refractivity contribution in [3.63, 3.8) is 0 Å². The lowest BCUT2D eigenvalue weighted by Gasteiger charge is -2.11. The second-order valence-corrected chi connectivity index (χ2v) is 5.71. The molecule has 138 valence electrons. The van der Waals surface area contributed by atoms with Crippen molar-refractivity contribution in [3.05, 3.63) is 60.4 Å². The summed E-state index contributed by atoms with van der Waals surface area (Å²) in [5.41, 5.74) is 1.59. The summed E-state index contributed by atoms with van der Waals surface area (Å²) in [5.74, 6) is 1.13. The van der Waals surface area contributed by atoms with Crippen molar-refractivity contribution in [2.45, 2.75) is 13.3 Å². The summed E-state index contributed by atoms with van der Waals surface area (Å²) in [5, 5.41) is 0.810. The maximum atomic E-state index is 11.6. The van der Waals surface area contributed by atoms with Gasteiger partial charge in [0.1, 0.15) is 6.33 Å². The average molecular weight is 364 g/mol. The van der Waals surface area contributed by atoms with Gasteiger partial charge in [-0.3, -0.25) is 0 Å². The molecule has 0 bridgehead atoms. The number of esters is 1. The molecule has 0 aliphatic heterocycles. The number of methoxy groups -OCH3 is 1. The molecule has 2 aromatic carbocycles. The number of carbonyl (C=O) groups is 1. The van der Waals surface area contributed by atoms with Gasteiger partial charge in [-0.25, -0.2) is 14.8 Å². The maximum Gasteiger partial charge on any atom is 0.330 e. The number of hydrogen-bond acceptors (Lipinski definition) is 6. The third kappa shape index (κ3) is 4.61. The molecular formula is C21H20N2O4. The van der Waals surface area contributed by atoms with Crippen LogP contribution in [0.5, 0.6) is 17.4 Å². The van der Waals surface area contributed by atoms with Gasteiger partial charge in [-0.1, -0.05) is 25.1 Å². The predicted molar refractivity (Wildman–Crippen MR) is 103 cm³/mol. The van der Waals surface area contributed by atoms with Crippen molar-refractivity contribution < 1.29 is 19.0 Å². The summed E-state index contributed by atoms with van der Waals surface area (Å²) in [6.07, 6.45) is 5.31. The van der Waals surface area contributed by atoms with Crippen LogP contribution in [0.1, 0.15) is 18.9 Å². The van der Waals surface area contributed by atoms with Gasteiger partial charge in [0.15, 0.2) is 11.5 Å². The number of para-hydroxylation sites is 1. The molecule has 0 aliphatic carbocycles. The third-order valence-corrected chi connectivity index (χ3v) is 3.76. The summed E-state index contributed by atoms with van der Waals surface area (Å²) >= 11 is 0. The molecule has 6 nitrogen and oxygen atoms in total. The number of nitrogens with zero attached hydrogens (tertiary/aromatic N) is 2. The molecule has 0 radical (unpaired) electrons. The molecule has 3 aromatic rings. The highest BCUT2D eigenvalue weighted by Gasteiger charge is 2.10. The van der Waals surface area contributed by atoms with Crippen LogP contribution >= 0.6 is 0 Å². The molecule has 0 aliphatic rings. The number of carbonyl (C=O) groups excluding carboxylic acids is 1. The van der Waals surface area contributed by atoms with Crippen molar-refractivity contribution in [1.29, 1.82) is 0 Å². The van der Waals surface area contributed by atoms with E-state index < -0.39 is 0 Å². The van der Waals surface area contributed by atoms with Crippen LogP contribution in [-0.4, -0.2) is 29.7 Å². The fourth-order valence-electron chi connectivity index (χ4n) is 2.45. The van der Waals surface area contributed by atoms with Gasteiger partial charge in [0, 0.05) is 6.08 Å². The van der Waals surface area contributed by atoms with E-state index in [2.05, 4.69) is 9.97 Å². The molecule has 0 saturated heterocycles. The first-order valence-corrected chi connectivity index (χ1v) is 8.61. The van der Waals surface area contributed by atoms with Crippen LogP contribution in [0.3, 0.4) is 0 Å². The van der Waals surface area contributed by atoms with Crippen molar-refractivity contribution in [2.24, 2.45) is 0 Å². The van der Waals surface area contributed by atoms with E-state index in [4.69, 9.17) is 14.2 Å². The normalized spacial score (nSPS) is 10.9. The lowest BCUT2D eigenvalue weighted by atomic mass is 10.2. The van der Waals surface area contributed by atoms with Crippen LogP contribution in [-0.2, 0) is 9.53 Å². The Hall–Kier alpha value is -3.41. The molecule has 0 unspecified atom stereocenters. The monoisotopic (exact) mass is 364 g/mol. The van der Waals surface area contributed by atoms with E-state index in [-0.39, 0.29) is 5.97 Å². The smallest absolute Gasteiger partial charge is 0.330 e. The molecule has 27 heavy (non-hydrogen) atoms. The minimum atomic E-state index is -0.372. The quantitative estimate of drug-likeness (QED) is 0.457. The Labute approximate surface area is 157 Å². The zero-order valence-electron chi connectivity index (χ0n) is 15.2. The highest BCUT2D eigenvalue weighted by Crippen LogP contribution is 2.34. The first-order valence-electron chi connectivity index (χ1n) is 8.61. The second-order valence-electron chi connectivity index (χ2n) is 5.71. The van der Waals surface area contributed by atoms with Gasteiger partial charge in [-0.05, 0) is 42.3 Å². The first kappa shape index (κ1) is 18.4. The van der Waals surface area contributed by atoms with Crippen LogP contribution in [0, 0.1) is 0 Å². The molecule has 0 saturated carbocycles. The fourth-order valence-corrected chi connectivity index (χ4v) is 2.45. The van der Waals surface area contributed by atoms with Gasteiger partial charge >= 0.3 is 5.97 Å². The van der Waals surface area contributed by atoms with Crippen LogP contribution in [0.25, 0.3) is 17.0 Å². The van der Waals surface area contributed by atoms with E-state index in [1.807, 2.05) is 37.3 Å². The number of fused-ring (bicyclic) bond motifs is 1. The van der Waals surface area contributed by atoms with Gasteiger partial charge in [-0.2, -0.15) is 0 Å². The van der Waals surface area contributed by atoms with Crippen LogP contribution in [0.2, 0.25) is 0 Å². The Morgan fingerprint density at radius 1 is 1.11 bits per heavy atom. The molecule has 0 fully saturated rings. The Bertz CT molecular complexity index is 964. The molecule has 0 spiro atoms. The number of benzene rings is 2. The first-order chi connectivity index (χ1) is 13.2. The summed E-state index contributed by atoms with van der Waals surface area (Å²) in [6.45, 7) is 2.35. The van der Waals surface area contributed by atoms with E-state index >= 15 is 0 Å². The van der Waals surface area contributed by atoms with Crippen LogP contribution in [0.15, 0.2) is 54.9 Å². The Morgan fingerprint density at radius 3 is 2.78 bits per heavy atom. The topological polar surface area (TPSA) is 70.5 Å². The maximum absolute atomic E-state index is 11.6.